The maximum absolute atomic E-state index is 13.6. The Hall–Kier alpha value is -0.450. The van der Waals surface area contributed by atoms with Crippen LogP contribution in [0.4, 0.5) is 4.39 Å². The minimum absolute atomic E-state index is 0.0643. The van der Waals surface area contributed by atoms with Crippen molar-refractivity contribution >= 4 is 15.9 Å². The first kappa shape index (κ1) is 11.0. The zero-order valence-electron chi connectivity index (χ0n) is 8.34. The van der Waals surface area contributed by atoms with Crippen LogP contribution in [0, 0.1) is 11.7 Å². The first-order valence-electron chi connectivity index (χ1n) is 5.12. The molecule has 0 amide bonds. The van der Waals surface area contributed by atoms with Crippen molar-refractivity contribution in [3.8, 4) is 0 Å². The van der Waals surface area contributed by atoms with E-state index < -0.39 is 0 Å². The molecule has 1 aliphatic rings. The molecule has 0 aliphatic heterocycles. The molecular weight excluding hydrogens is 259 g/mol. The molecule has 4 heteroatoms. The van der Waals surface area contributed by atoms with Crippen molar-refractivity contribution in [1.82, 2.24) is 5.43 Å². The lowest BCUT2D eigenvalue weighted by Crippen LogP contribution is -2.29. The third-order valence-electron chi connectivity index (χ3n) is 2.81. The van der Waals surface area contributed by atoms with Crippen molar-refractivity contribution in [3.63, 3.8) is 0 Å². The largest absolute Gasteiger partial charge is 0.271 e. The van der Waals surface area contributed by atoms with Crippen LogP contribution in [0.5, 0.6) is 0 Å². The third kappa shape index (κ3) is 2.77. The predicted octanol–water partition coefficient (Wildman–Crippen LogP) is 2.89. The van der Waals surface area contributed by atoms with Crippen LogP contribution in [-0.2, 0) is 0 Å². The summed E-state index contributed by atoms with van der Waals surface area (Å²) in [5.74, 6) is 5.98. The Morgan fingerprint density at radius 2 is 2.27 bits per heavy atom. The highest BCUT2D eigenvalue weighted by atomic mass is 79.9. The summed E-state index contributed by atoms with van der Waals surface area (Å²) in [7, 11) is 0. The van der Waals surface area contributed by atoms with Gasteiger partial charge in [0.25, 0.3) is 0 Å². The molecule has 0 heterocycles. The minimum Gasteiger partial charge on any atom is -0.271 e. The molecule has 0 aromatic heterocycles. The van der Waals surface area contributed by atoms with Gasteiger partial charge in [-0.15, -0.1) is 0 Å². The number of benzene rings is 1. The van der Waals surface area contributed by atoms with Crippen LogP contribution in [0.2, 0.25) is 0 Å². The standard InChI is InChI=1S/C11H14BrFN2/c12-8-3-4-9(10(13)6-8)11(15-14)5-7-1-2-7/h3-4,6-7,11,15H,1-2,5,14H2. The molecule has 1 fully saturated rings. The van der Waals surface area contributed by atoms with Crippen LogP contribution in [0.1, 0.15) is 30.9 Å². The Morgan fingerprint density at radius 3 is 2.80 bits per heavy atom. The van der Waals surface area contributed by atoms with E-state index in [1.165, 1.54) is 18.9 Å². The zero-order valence-corrected chi connectivity index (χ0v) is 9.93. The number of hydrogen-bond acceptors (Lipinski definition) is 2. The average molecular weight is 273 g/mol. The predicted molar refractivity (Wildman–Crippen MR) is 61.5 cm³/mol. The van der Waals surface area contributed by atoms with Crippen LogP contribution >= 0.6 is 15.9 Å². The molecule has 0 bridgehead atoms. The van der Waals surface area contributed by atoms with Gasteiger partial charge in [0, 0.05) is 16.1 Å². The summed E-state index contributed by atoms with van der Waals surface area (Å²) < 4.78 is 14.4. The van der Waals surface area contributed by atoms with Crippen molar-refractivity contribution in [1.29, 1.82) is 0 Å². The third-order valence-corrected chi connectivity index (χ3v) is 3.30. The summed E-state index contributed by atoms with van der Waals surface area (Å²) in [5.41, 5.74) is 3.35. The van der Waals surface area contributed by atoms with Crippen molar-refractivity contribution in [3.05, 3.63) is 34.1 Å². The molecule has 0 radical (unpaired) electrons. The molecular formula is C11H14BrFN2. The van der Waals surface area contributed by atoms with Gasteiger partial charge in [-0.1, -0.05) is 34.8 Å². The number of nitrogens with two attached hydrogens (primary N) is 1. The van der Waals surface area contributed by atoms with E-state index >= 15 is 0 Å². The Kier molecular flexibility index (Phi) is 3.38. The van der Waals surface area contributed by atoms with Gasteiger partial charge >= 0.3 is 0 Å². The summed E-state index contributed by atoms with van der Waals surface area (Å²) in [4.78, 5) is 0. The van der Waals surface area contributed by atoms with E-state index in [4.69, 9.17) is 5.84 Å². The molecule has 1 aromatic carbocycles. The van der Waals surface area contributed by atoms with Gasteiger partial charge in [-0.25, -0.2) is 4.39 Å². The molecule has 15 heavy (non-hydrogen) atoms. The molecule has 3 N–H and O–H groups in total. The lowest BCUT2D eigenvalue weighted by molar-refractivity contribution is 0.463. The Bertz CT molecular complexity index is 352. The monoisotopic (exact) mass is 272 g/mol. The second-order valence-electron chi connectivity index (χ2n) is 4.06. The van der Waals surface area contributed by atoms with Crippen molar-refractivity contribution in [2.24, 2.45) is 11.8 Å². The topological polar surface area (TPSA) is 38.0 Å². The molecule has 0 saturated heterocycles. The second kappa shape index (κ2) is 4.60. The first-order valence-corrected chi connectivity index (χ1v) is 5.91. The van der Waals surface area contributed by atoms with Gasteiger partial charge in [-0.2, -0.15) is 0 Å². The normalized spacial score (nSPS) is 17.8. The van der Waals surface area contributed by atoms with Gasteiger partial charge in [-0.05, 0) is 24.5 Å². The summed E-state index contributed by atoms with van der Waals surface area (Å²) in [6.07, 6.45) is 3.42. The molecule has 1 unspecified atom stereocenters. The maximum atomic E-state index is 13.6. The van der Waals surface area contributed by atoms with E-state index in [1.54, 1.807) is 6.07 Å². The minimum atomic E-state index is -0.201. The molecule has 2 rings (SSSR count). The second-order valence-corrected chi connectivity index (χ2v) is 4.98. The van der Waals surface area contributed by atoms with Crippen molar-refractivity contribution < 1.29 is 4.39 Å². The molecule has 82 valence electrons. The SMILES string of the molecule is NNC(CC1CC1)c1ccc(Br)cc1F. The highest BCUT2D eigenvalue weighted by Crippen LogP contribution is 2.38. The van der Waals surface area contributed by atoms with E-state index in [0.717, 1.165) is 10.9 Å². The van der Waals surface area contributed by atoms with Crippen LogP contribution in [0.3, 0.4) is 0 Å². The lowest BCUT2D eigenvalue weighted by Gasteiger charge is -2.16. The molecule has 2 nitrogen and oxygen atoms in total. The van der Waals surface area contributed by atoms with Crippen LogP contribution in [0.25, 0.3) is 0 Å². The molecule has 1 aromatic rings. The van der Waals surface area contributed by atoms with E-state index in [1.807, 2.05) is 6.07 Å². The maximum Gasteiger partial charge on any atom is 0.129 e. The molecule has 1 saturated carbocycles. The van der Waals surface area contributed by atoms with Gasteiger partial charge in [0.05, 0.1) is 0 Å². The van der Waals surface area contributed by atoms with E-state index in [2.05, 4.69) is 21.4 Å². The fourth-order valence-electron chi connectivity index (χ4n) is 1.76. The summed E-state index contributed by atoms with van der Waals surface area (Å²) in [6, 6.07) is 5.04. The average Bonchev–Trinajstić information content (AvgIpc) is 2.99. The number of hydrazine groups is 1. The van der Waals surface area contributed by atoms with Gasteiger partial charge in [-0.3, -0.25) is 11.3 Å². The van der Waals surface area contributed by atoms with E-state index in [9.17, 15) is 4.39 Å². The van der Waals surface area contributed by atoms with Crippen LogP contribution in [-0.4, -0.2) is 0 Å². The summed E-state index contributed by atoms with van der Waals surface area (Å²) in [6.45, 7) is 0. The molecule has 1 aliphatic carbocycles. The quantitative estimate of drug-likeness (QED) is 0.654. The number of hydrogen-bond donors (Lipinski definition) is 2. The van der Waals surface area contributed by atoms with Gasteiger partial charge in [0.1, 0.15) is 5.82 Å². The fourth-order valence-corrected chi connectivity index (χ4v) is 2.09. The van der Waals surface area contributed by atoms with Crippen molar-refractivity contribution in [2.75, 3.05) is 0 Å². The lowest BCUT2D eigenvalue weighted by atomic mass is 10.0. The number of nitrogens with one attached hydrogen (secondary N) is 1. The van der Waals surface area contributed by atoms with Gasteiger partial charge in [0.15, 0.2) is 0 Å². The summed E-state index contributed by atoms with van der Waals surface area (Å²) in [5, 5.41) is 0. The van der Waals surface area contributed by atoms with Crippen LogP contribution in [0.15, 0.2) is 22.7 Å². The van der Waals surface area contributed by atoms with Gasteiger partial charge < -0.3 is 0 Å². The van der Waals surface area contributed by atoms with Crippen molar-refractivity contribution in [2.45, 2.75) is 25.3 Å². The zero-order chi connectivity index (χ0) is 10.8. The Labute approximate surface area is 97.1 Å². The Balaban J connectivity index is 2.16. The highest BCUT2D eigenvalue weighted by molar-refractivity contribution is 9.10. The number of halogens is 2. The smallest absolute Gasteiger partial charge is 0.129 e. The van der Waals surface area contributed by atoms with Gasteiger partial charge in [0.2, 0.25) is 0 Å². The highest BCUT2D eigenvalue weighted by Gasteiger charge is 2.26. The van der Waals surface area contributed by atoms with E-state index in [-0.39, 0.29) is 11.9 Å². The molecule has 1 atom stereocenters. The fraction of sp³-hybridized carbons (Fsp3) is 0.455. The Morgan fingerprint density at radius 1 is 1.53 bits per heavy atom. The van der Waals surface area contributed by atoms with Crippen LogP contribution < -0.4 is 11.3 Å². The first-order chi connectivity index (χ1) is 7.20. The number of rotatable bonds is 4. The summed E-state index contributed by atoms with van der Waals surface area (Å²) >= 11 is 3.24. The molecule has 0 spiro atoms. The van der Waals surface area contributed by atoms with E-state index in [0.29, 0.717) is 11.5 Å².